The van der Waals surface area contributed by atoms with Crippen LogP contribution in [-0.2, 0) is 16.6 Å². The molecule has 3 aromatic rings. The molecule has 0 spiro atoms. The van der Waals surface area contributed by atoms with Gasteiger partial charge in [-0.2, -0.15) is 0 Å². The van der Waals surface area contributed by atoms with E-state index in [4.69, 9.17) is 0 Å². The van der Waals surface area contributed by atoms with E-state index in [2.05, 4.69) is 10.0 Å². The molecular formula is C21H19N3O5S. The van der Waals surface area contributed by atoms with Crippen LogP contribution in [-0.4, -0.2) is 19.2 Å². The number of para-hydroxylation sites is 1. The molecule has 0 aliphatic carbocycles. The van der Waals surface area contributed by atoms with Gasteiger partial charge in [-0.15, -0.1) is 0 Å². The monoisotopic (exact) mass is 425 g/mol. The van der Waals surface area contributed by atoms with Crippen molar-refractivity contribution in [3.63, 3.8) is 0 Å². The molecule has 3 rings (SSSR count). The van der Waals surface area contributed by atoms with Crippen LogP contribution < -0.4 is 10.0 Å². The number of carbonyl (C=O) groups excluding carboxylic acids is 1. The second kappa shape index (κ2) is 8.75. The van der Waals surface area contributed by atoms with E-state index < -0.39 is 20.9 Å². The van der Waals surface area contributed by atoms with Crippen LogP contribution in [0.3, 0.4) is 0 Å². The summed E-state index contributed by atoms with van der Waals surface area (Å²) in [7, 11) is -3.77. The average molecular weight is 425 g/mol. The van der Waals surface area contributed by atoms with Gasteiger partial charge in [0.25, 0.3) is 21.6 Å². The lowest BCUT2D eigenvalue weighted by Gasteiger charge is -2.13. The summed E-state index contributed by atoms with van der Waals surface area (Å²) in [5.74, 6) is -0.422. The smallest absolute Gasteiger partial charge is 0.272 e. The predicted octanol–water partition coefficient (Wildman–Crippen LogP) is 3.63. The quantitative estimate of drug-likeness (QED) is 0.443. The number of nitro benzene ring substituents is 1. The Balaban J connectivity index is 1.75. The van der Waals surface area contributed by atoms with Crippen molar-refractivity contribution in [3.8, 4) is 0 Å². The van der Waals surface area contributed by atoms with Gasteiger partial charge in [-0.05, 0) is 42.8 Å². The molecule has 0 aliphatic rings. The minimum Gasteiger partial charge on any atom is -0.348 e. The van der Waals surface area contributed by atoms with Crippen molar-refractivity contribution in [1.82, 2.24) is 5.32 Å². The maximum Gasteiger partial charge on any atom is 0.272 e. The number of anilines is 1. The number of aryl methyl sites for hydroxylation is 1. The van der Waals surface area contributed by atoms with Crippen LogP contribution in [0.2, 0.25) is 0 Å². The van der Waals surface area contributed by atoms with E-state index in [1.54, 1.807) is 49.4 Å². The molecule has 0 bridgehead atoms. The summed E-state index contributed by atoms with van der Waals surface area (Å²) >= 11 is 0. The number of nitro groups is 1. The van der Waals surface area contributed by atoms with E-state index in [0.29, 0.717) is 16.8 Å². The molecular weight excluding hydrogens is 406 g/mol. The Kier molecular flexibility index (Phi) is 6.12. The molecule has 0 aliphatic heterocycles. The van der Waals surface area contributed by atoms with Gasteiger partial charge in [0, 0.05) is 23.7 Å². The largest absolute Gasteiger partial charge is 0.348 e. The minimum atomic E-state index is -3.77. The number of sulfonamides is 1. The van der Waals surface area contributed by atoms with E-state index >= 15 is 0 Å². The van der Waals surface area contributed by atoms with Crippen molar-refractivity contribution in [2.45, 2.75) is 18.4 Å². The first-order chi connectivity index (χ1) is 14.3. The van der Waals surface area contributed by atoms with Crippen molar-refractivity contribution < 1.29 is 18.1 Å². The van der Waals surface area contributed by atoms with Crippen LogP contribution in [0, 0.1) is 17.0 Å². The van der Waals surface area contributed by atoms with Crippen LogP contribution in [0.4, 0.5) is 11.4 Å². The van der Waals surface area contributed by atoms with Crippen molar-refractivity contribution >= 4 is 27.3 Å². The van der Waals surface area contributed by atoms with Gasteiger partial charge >= 0.3 is 0 Å². The summed E-state index contributed by atoms with van der Waals surface area (Å²) < 4.78 is 27.7. The molecule has 154 valence electrons. The van der Waals surface area contributed by atoms with Crippen LogP contribution >= 0.6 is 0 Å². The predicted molar refractivity (Wildman–Crippen MR) is 113 cm³/mol. The number of hydrogen-bond donors (Lipinski definition) is 2. The molecule has 0 saturated carbocycles. The van der Waals surface area contributed by atoms with Gasteiger partial charge in [0.05, 0.1) is 15.5 Å². The molecule has 1 amide bonds. The SMILES string of the molecule is Cc1cc(C(=O)NCc2ccccc2NS(=O)(=O)c2ccccc2)ccc1[N+](=O)[O-]. The Bertz CT molecular complexity index is 1190. The van der Waals surface area contributed by atoms with Crippen LogP contribution in [0.15, 0.2) is 77.7 Å². The van der Waals surface area contributed by atoms with E-state index in [1.165, 1.54) is 30.3 Å². The summed E-state index contributed by atoms with van der Waals surface area (Å²) in [4.78, 5) is 23.0. The van der Waals surface area contributed by atoms with Crippen molar-refractivity contribution in [3.05, 3.63) is 99.6 Å². The lowest BCUT2D eigenvalue weighted by molar-refractivity contribution is -0.385. The first-order valence-corrected chi connectivity index (χ1v) is 10.5. The number of hydrogen-bond acceptors (Lipinski definition) is 5. The third-order valence-electron chi connectivity index (χ3n) is 4.41. The third-order valence-corrected chi connectivity index (χ3v) is 5.79. The molecule has 0 radical (unpaired) electrons. The van der Waals surface area contributed by atoms with Gasteiger partial charge in [0.2, 0.25) is 0 Å². The summed E-state index contributed by atoms with van der Waals surface area (Å²) in [6, 6.07) is 18.8. The normalized spacial score (nSPS) is 11.0. The highest BCUT2D eigenvalue weighted by Gasteiger charge is 2.17. The molecule has 2 N–H and O–H groups in total. The number of benzene rings is 3. The highest BCUT2D eigenvalue weighted by atomic mass is 32.2. The van der Waals surface area contributed by atoms with E-state index in [9.17, 15) is 23.3 Å². The number of nitrogens with zero attached hydrogens (tertiary/aromatic N) is 1. The fraction of sp³-hybridized carbons (Fsp3) is 0.0952. The van der Waals surface area contributed by atoms with Crippen molar-refractivity contribution in [2.75, 3.05) is 4.72 Å². The van der Waals surface area contributed by atoms with Gasteiger partial charge in [0.1, 0.15) is 0 Å². The third kappa shape index (κ3) is 4.81. The Morgan fingerprint density at radius 1 is 1.00 bits per heavy atom. The van der Waals surface area contributed by atoms with Crippen molar-refractivity contribution in [2.24, 2.45) is 0 Å². The average Bonchev–Trinajstić information content (AvgIpc) is 2.73. The summed E-state index contributed by atoms with van der Waals surface area (Å²) in [5.41, 5.74) is 1.52. The molecule has 0 unspecified atom stereocenters. The highest BCUT2D eigenvalue weighted by molar-refractivity contribution is 7.92. The zero-order chi connectivity index (χ0) is 21.7. The molecule has 3 aromatic carbocycles. The van der Waals surface area contributed by atoms with Crippen molar-refractivity contribution in [1.29, 1.82) is 0 Å². The maximum absolute atomic E-state index is 12.6. The number of amides is 1. The Morgan fingerprint density at radius 2 is 1.67 bits per heavy atom. The molecule has 0 fully saturated rings. The van der Waals surface area contributed by atoms with Gasteiger partial charge in [-0.3, -0.25) is 19.6 Å². The van der Waals surface area contributed by atoms with Gasteiger partial charge < -0.3 is 5.32 Å². The maximum atomic E-state index is 12.6. The molecule has 8 nitrogen and oxygen atoms in total. The Labute approximate surface area is 173 Å². The fourth-order valence-corrected chi connectivity index (χ4v) is 3.98. The summed E-state index contributed by atoms with van der Waals surface area (Å²) in [5, 5.41) is 13.6. The van der Waals surface area contributed by atoms with Gasteiger partial charge in [-0.1, -0.05) is 36.4 Å². The number of nitrogens with one attached hydrogen (secondary N) is 2. The van der Waals surface area contributed by atoms with E-state index in [1.807, 2.05) is 0 Å². The van der Waals surface area contributed by atoms with Gasteiger partial charge in [-0.25, -0.2) is 8.42 Å². The lowest BCUT2D eigenvalue weighted by Crippen LogP contribution is -2.24. The van der Waals surface area contributed by atoms with Crippen LogP contribution in [0.5, 0.6) is 0 Å². The molecule has 9 heteroatoms. The lowest BCUT2D eigenvalue weighted by atomic mass is 10.1. The zero-order valence-corrected chi connectivity index (χ0v) is 16.8. The number of rotatable bonds is 7. The van der Waals surface area contributed by atoms with Crippen LogP contribution in [0.1, 0.15) is 21.5 Å². The van der Waals surface area contributed by atoms with E-state index in [-0.39, 0.29) is 22.7 Å². The zero-order valence-electron chi connectivity index (χ0n) is 16.0. The highest BCUT2D eigenvalue weighted by Crippen LogP contribution is 2.21. The Morgan fingerprint density at radius 3 is 2.33 bits per heavy atom. The fourth-order valence-electron chi connectivity index (χ4n) is 2.86. The molecule has 0 heterocycles. The second-order valence-corrected chi connectivity index (χ2v) is 8.20. The molecule has 30 heavy (non-hydrogen) atoms. The molecule has 0 saturated heterocycles. The summed E-state index contributed by atoms with van der Waals surface area (Å²) in [6.45, 7) is 1.63. The van der Waals surface area contributed by atoms with Gasteiger partial charge in [0.15, 0.2) is 0 Å². The molecule has 0 atom stereocenters. The number of carbonyl (C=O) groups is 1. The first-order valence-electron chi connectivity index (χ1n) is 8.97. The van der Waals surface area contributed by atoms with E-state index in [0.717, 1.165) is 0 Å². The minimum absolute atomic E-state index is 0.0628. The second-order valence-electron chi connectivity index (χ2n) is 6.52. The summed E-state index contributed by atoms with van der Waals surface area (Å²) in [6.07, 6.45) is 0. The Hall–Kier alpha value is -3.72. The van der Waals surface area contributed by atoms with Crippen LogP contribution in [0.25, 0.3) is 0 Å². The first kappa shape index (κ1) is 21.0. The topological polar surface area (TPSA) is 118 Å². The molecule has 0 aromatic heterocycles. The standard InChI is InChI=1S/C21H19N3O5S/c1-15-13-16(11-12-20(15)24(26)27)21(25)22-14-17-7-5-6-10-19(17)23-30(28,29)18-8-3-2-4-9-18/h2-13,23H,14H2,1H3,(H,22,25).